The minimum absolute atomic E-state index is 1.25. The smallest absolute Gasteiger partial charge is 0.00990 e. The van der Waals surface area contributed by atoms with Crippen LogP contribution in [-0.4, -0.2) is 0 Å². The monoisotopic (exact) mass is 196 g/mol. The van der Waals surface area contributed by atoms with E-state index in [0.717, 1.165) is 0 Å². The molecule has 0 atom stereocenters. The third-order valence-corrected chi connectivity index (χ3v) is 2.43. The molecule has 0 fully saturated rings. The van der Waals surface area contributed by atoms with E-state index < -0.39 is 0 Å². The molecule has 3 rings (SSSR count). The van der Waals surface area contributed by atoms with Crippen molar-refractivity contribution in [3.05, 3.63) is 48.5 Å². The fourth-order valence-corrected chi connectivity index (χ4v) is 1.84. The van der Waals surface area contributed by atoms with Crippen LogP contribution in [0.2, 0.25) is 0 Å². The van der Waals surface area contributed by atoms with Crippen LogP contribution in [0.1, 0.15) is 20.3 Å². The average molecular weight is 196 g/mol. The third-order valence-electron chi connectivity index (χ3n) is 2.43. The number of hydrogen-bond donors (Lipinski definition) is 0. The van der Waals surface area contributed by atoms with Gasteiger partial charge in [-0.05, 0) is 22.3 Å². The van der Waals surface area contributed by atoms with Crippen LogP contribution in [0.4, 0.5) is 0 Å². The Morgan fingerprint density at radius 3 is 1.00 bits per heavy atom. The second-order valence-corrected chi connectivity index (χ2v) is 3.80. The number of hydrogen-bond acceptors (Lipinski definition) is 0. The highest BCUT2D eigenvalue weighted by molar-refractivity contribution is 6.01. The van der Waals surface area contributed by atoms with Crippen molar-refractivity contribution in [2.45, 2.75) is 20.3 Å². The minimum Gasteiger partial charge on any atom is -0.0656 e. The van der Waals surface area contributed by atoms with Crippen molar-refractivity contribution in [1.29, 1.82) is 0 Å². The zero-order valence-electron chi connectivity index (χ0n) is 9.33. The largest absolute Gasteiger partial charge is 0.0656 e. The van der Waals surface area contributed by atoms with E-state index in [9.17, 15) is 0 Å². The molecule has 1 aliphatic carbocycles. The molecule has 0 saturated carbocycles. The molecule has 76 valence electrons. The van der Waals surface area contributed by atoms with Crippen LogP contribution in [0.5, 0.6) is 0 Å². The molecule has 2 aromatic carbocycles. The first-order chi connectivity index (χ1) is 7.38. The summed E-state index contributed by atoms with van der Waals surface area (Å²) in [5.41, 5.74) is 5.59. The Hall–Kier alpha value is -1.56. The van der Waals surface area contributed by atoms with Crippen molar-refractivity contribution in [2.24, 2.45) is 0 Å². The molecule has 0 heterocycles. The lowest BCUT2D eigenvalue weighted by atomic mass is 9.81. The summed E-state index contributed by atoms with van der Waals surface area (Å²) in [6.45, 7) is 4.25. The van der Waals surface area contributed by atoms with E-state index in [1.807, 2.05) is 0 Å². The van der Waals surface area contributed by atoms with Gasteiger partial charge in [0.2, 0.25) is 0 Å². The van der Waals surface area contributed by atoms with E-state index in [0.29, 0.717) is 0 Å². The van der Waals surface area contributed by atoms with Crippen LogP contribution < -0.4 is 0 Å². The van der Waals surface area contributed by atoms with Gasteiger partial charge in [-0.1, -0.05) is 68.8 Å². The van der Waals surface area contributed by atoms with Crippen molar-refractivity contribution in [3.8, 4) is 22.3 Å². The maximum Gasteiger partial charge on any atom is -0.00990 e. The predicted octanol–water partition coefficient (Wildman–Crippen LogP) is 4.75. The summed E-state index contributed by atoms with van der Waals surface area (Å²) < 4.78 is 0. The van der Waals surface area contributed by atoms with E-state index in [-0.39, 0.29) is 0 Å². The molecular weight excluding hydrogens is 180 g/mol. The van der Waals surface area contributed by atoms with Gasteiger partial charge in [-0.3, -0.25) is 0 Å². The van der Waals surface area contributed by atoms with E-state index in [4.69, 9.17) is 0 Å². The lowest BCUT2D eigenvalue weighted by Gasteiger charge is -2.22. The molecule has 0 radical (unpaired) electrons. The van der Waals surface area contributed by atoms with Crippen LogP contribution in [0.25, 0.3) is 22.3 Å². The molecule has 0 aliphatic heterocycles. The van der Waals surface area contributed by atoms with Gasteiger partial charge in [-0.2, -0.15) is 0 Å². The number of fused-ring (bicyclic) bond motifs is 4. The molecule has 0 bridgehead atoms. The summed E-state index contributed by atoms with van der Waals surface area (Å²) in [4.78, 5) is 0. The predicted molar refractivity (Wildman–Crippen MR) is 66.8 cm³/mol. The fraction of sp³-hybridized carbons (Fsp3) is 0.200. The molecular formula is C15H16. The summed E-state index contributed by atoms with van der Waals surface area (Å²) in [6, 6.07) is 17.1. The SMILES string of the molecule is CCC.c1ccc2c(c1)-c1ccccc1-2. The van der Waals surface area contributed by atoms with Gasteiger partial charge in [-0.25, -0.2) is 0 Å². The molecule has 15 heavy (non-hydrogen) atoms. The quantitative estimate of drug-likeness (QED) is 0.486. The molecule has 0 nitrogen and oxygen atoms in total. The van der Waals surface area contributed by atoms with Gasteiger partial charge in [0, 0.05) is 0 Å². The maximum absolute atomic E-state index is 2.18. The summed E-state index contributed by atoms with van der Waals surface area (Å²) in [5, 5.41) is 0. The van der Waals surface area contributed by atoms with E-state index in [2.05, 4.69) is 62.4 Å². The van der Waals surface area contributed by atoms with Crippen LogP contribution in [0, 0.1) is 0 Å². The van der Waals surface area contributed by atoms with Crippen LogP contribution in [-0.2, 0) is 0 Å². The van der Waals surface area contributed by atoms with Gasteiger partial charge in [0.15, 0.2) is 0 Å². The Kier molecular flexibility index (Phi) is 2.86. The fourth-order valence-electron chi connectivity index (χ4n) is 1.84. The second-order valence-electron chi connectivity index (χ2n) is 3.80. The summed E-state index contributed by atoms with van der Waals surface area (Å²) >= 11 is 0. The highest BCUT2D eigenvalue weighted by Gasteiger charge is 2.19. The standard InChI is InChI=1S/C12H8.C3H8/c1-2-6-10-9(5-1)11-7-3-4-8-12(10)11;1-3-2/h1-8H;3H2,1-2H3. The Morgan fingerprint density at radius 2 is 0.800 bits per heavy atom. The summed E-state index contributed by atoms with van der Waals surface area (Å²) in [6.07, 6.45) is 1.25. The van der Waals surface area contributed by atoms with Crippen molar-refractivity contribution in [1.82, 2.24) is 0 Å². The first kappa shape index (κ1) is 9.97. The zero-order chi connectivity index (χ0) is 10.7. The highest BCUT2D eigenvalue weighted by atomic mass is 14.2. The molecule has 0 heteroatoms. The van der Waals surface area contributed by atoms with Crippen LogP contribution in [0.3, 0.4) is 0 Å². The van der Waals surface area contributed by atoms with E-state index in [1.165, 1.54) is 28.7 Å². The number of benzene rings is 2. The van der Waals surface area contributed by atoms with Gasteiger partial charge in [0.1, 0.15) is 0 Å². The van der Waals surface area contributed by atoms with Gasteiger partial charge in [0.25, 0.3) is 0 Å². The van der Waals surface area contributed by atoms with Crippen molar-refractivity contribution >= 4 is 0 Å². The Morgan fingerprint density at radius 1 is 0.600 bits per heavy atom. The van der Waals surface area contributed by atoms with Crippen molar-refractivity contribution in [2.75, 3.05) is 0 Å². The molecule has 2 aromatic rings. The van der Waals surface area contributed by atoms with E-state index >= 15 is 0 Å². The average Bonchev–Trinajstić information content (AvgIpc) is 2.27. The van der Waals surface area contributed by atoms with Crippen LogP contribution in [0.15, 0.2) is 48.5 Å². The Bertz CT molecular complexity index is 355. The summed E-state index contributed by atoms with van der Waals surface area (Å²) in [7, 11) is 0. The first-order valence-electron chi connectivity index (χ1n) is 5.57. The van der Waals surface area contributed by atoms with E-state index in [1.54, 1.807) is 0 Å². The van der Waals surface area contributed by atoms with Crippen molar-refractivity contribution in [3.63, 3.8) is 0 Å². The molecule has 0 amide bonds. The molecule has 0 aromatic heterocycles. The third kappa shape index (κ3) is 1.68. The molecule has 1 aliphatic rings. The lowest BCUT2D eigenvalue weighted by molar-refractivity contribution is 1.09. The van der Waals surface area contributed by atoms with Gasteiger partial charge >= 0.3 is 0 Å². The summed E-state index contributed by atoms with van der Waals surface area (Å²) in [5.74, 6) is 0. The normalized spacial score (nSPS) is 10.3. The molecule has 0 saturated heterocycles. The van der Waals surface area contributed by atoms with Gasteiger partial charge in [0.05, 0.1) is 0 Å². The van der Waals surface area contributed by atoms with Gasteiger partial charge < -0.3 is 0 Å². The minimum atomic E-state index is 1.25. The second kappa shape index (κ2) is 4.31. The molecule has 0 N–H and O–H groups in total. The Balaban J connectivity index is 0.000000258. The topological polar surface area (TPSA) is 0 Å². The molecule has 0 unspecified atom stereocenters. The molecule has 0 spiro atoms. The Labute approximate surface area is 91.6 Å². The number of rotatable bonds is 0. The zero-order valence-corrected chi connectivity index (χ0v) is 9.33. The van der Waals surface area contributed by atoms with Crippen LogP contribution >= 0.6 is 0 Å². The lowest BCUT2D eigenvalue weighted by Crippen LogP contribution is -1.96. The van der Waals surface area contributed by atoms with Crippen molar-refractivity contribution < 1.29 is 0 Å². The maximum atomic E-state index is 2.18. The first-order valence-corrected chi connectivity index (χ1v) is 5.57. The van der Waals surface area contributed by atoms with Gasteiger partial charge in [-0.15, -0.1) is 0 Å². The highest BCUT2D eigenvalue weighted by Crippen LogP contribution is 2.46.